The molecule has 0 radical (unpaired) electrons. The highest BCUT2D eigenvalue weighted by Gasteiger charge is 2.20. The molecule has 0 aliphatic heterocycles. The lowest BCUT2D eigenvalue weighted by Crippen LogP contribution is -1.92. The summed E-state index contributed by atoms with van der Waals surface area (Å²) in [6.45, 7) is 0. The fourth-order valence-corrected chi connectivity index (χ4v) is 8.41. The minimum absolute atomic E-state index is 1.14. The topological polar surface area (TPSA) is 0 Å². The molecule has 1 aliphatic rings. The fourth-order valence-electron chi connectivity index (χ4n) is 7.22. The van der Waals surface area contributed by atoms with Gasteiger partial charge in [0.25, 0.3) is 0 Å². The molecule has 8 aromatic rings. The zero-order valence-electron chi connectivity index (χ0n) is 23.7. The second-order valence-electron chi connectivity index (χ2n) is 11.5. The Balaban J connectivity index is 1.36. The lowest BCUT2D eigenvalue weighted by Gasteiger charge is -2.20. The standard InChI is InChI=1S/C42H28S/c1-2-12-27(13-3-1)29-23-24-37(31-15-5-4-14-30(29)31)42-35-19-8-6-17-33(35)41(34-18-7-9-20-36(34)42)28-22-25-40-38(26-28)32-16-10-11-21-39(32)43-40/h1-10,12-20,22-26H,11,21H2. The molecule has 7 aromatic carbocycles. The van der Waals surface area contributed by atoms with E-state index in [0.29, 0.717) is 0 Å². The number of hydrogen-bond donors (Lipinski definition) is 0. The van der Waals surface area contributed by atoms with Crippen molar-refractivity contribution in [1.82, 2.24) is 0 Å². The Morgan fingerprint density at radius 3 is 1.72 bits per heavy atom. The van der Waals surface area contributed by atoms with E-state index in [1.165, 1.54) is 86.2 Å². The molecule has 0 fully saturated rings. The largest absolute Gasteiger partial charge is 0.140 e. The highest BCUT2D eigenvalue weighted by Crippen LogP contribution is 2.47. The minimum atomic E-state index is 1.14. The van der Waals surface area contributed by atoms with E-state index in [2.05, 4.69) is 146 Å². The van der Waals surface area contributed by atoms with Crippen molar-refractivity contribution >= 4 is 59.8 Å². The molecule has 0 saturated heterocycles. The van der Waals surface area contributed by atoms with Gasteiger partial charge < -0.3 is 0 Å². The van der Waals surface area contributed by atoms with Crippen molar-refractivity contribution in [2.24, 2.45) is 0 Å². The van der Waals surface area contributed by atoms with E-state index < -0.39 is 0 Å². The van der Waals surface area contributed by atoms with E-state index in [-0.39, 0.29) is 0 Å². The van der Waals surface area contributed by atoms with Crippen molar-refractivity contribution in [2.75, 3.05) is 0 Å². The van der Waals surface area contributed by atoms with E-state index in [1.807, 2.05) is 11.3 Å². The SMILES string of the molecule is C1=Cc2c(sc3ccc(-c4c5ccccc5c(-c5ccc(-c6ccccc6)c6ccccc56)c5ccccc45)cc23)CC1. The Bertz CT molecular complexity index is 2330. The molecule has 1 aromatic heterocycles. The van der Waals surface area contributed by atoms with E-state index in [0.717, 1.165) is 12.8 Å². The van der Waals surface area contributed by atoms with Gasteiger partial charge in [-0.25, -0.2) is 0 Å². The summed E-state index contributed by atoms with van der Waals surface area (Å²) < 4.78 is 1.38. The van der Waals surface area contributed by atoms with E-state index in [9.17, 15) is 0 Å². The Morgan fingerprint density at radius 2 is 1.02 bits per heavy atom. The van der Waals surface area contributed by atoms with Crippen LogP contribution in [0.2, 0.25) is 0 Å². The van der Waals surface area contributed by atoms with Crippen LogP contribution in [-0.2, 0) is 6.42 Å². The quantitative estimate of drug-likeness (QED) is 0.187. The Labute approximate surface area is 255 Å². The highest BCUT2D eigenvalue weighted by atomic mass is 32.1. The van der Waals surface area contributed by atoms with Gasteiger partial charge in [-0.1, -0.05) is 133 Å². The molecule has 1 heterocycles. The average molecular weight is 565 g/mol. The fraction of sp³-hybridized carbons (Fsp3) is 0.0476. The molecule has 0 atom stereocenters. The van der Waals surface area contributed by atoms with Crippen LogP contribution >= 0.6 is 11.3 Å². The summed E-state index contributed by atoms with van der Waals surface area (Å²) in [5.41, 5.74) is 9.13. The van der Waals surface area contributed by atoms with Gasteiger partial charge in [0, 0.05) is 15.0 Å². The maximum Gasteiger partial charge on any atom is 0.0352 e. The molecule has 1 heteroatoms. The van der Waals surface area contributed by atoms with E-state index >= 15 is 0 Å². The van der Waals surface area contributed by atoms with Crippen molar-refractivity contribution in [1.29, 1.82) is 0 Å². The summed E-state index contributed by atoms with van der Waals surface area (Å²) in [6, 6.07) is 49.4. The second-order valence-corrected chi connectivity index (χ2v) is 12.6. The molecule has 202 valence electrons. The molecule has 0 amide bonds. The van der Waals surface area contributed by atoms with Gasteiger partial charge in [0.15, 0.2) is 0 Å². The maximum atomic E-state index is 2.44. The lowest BCUT2D eigenvalue weighted by atomic mass is 9.83. The number of aryl methyl sites for hydroxylation is 1. The summed E-state index contributed by atoms with van der Waals surface area (Å²) in [5, 5.41) is 9.13. The number of fused-ring (bicyclic) bond motifs is 6. The molecule has 0 spiro atoms. The lowest BCUT2D eigenvalue weighted by molar-refractivity contribution is 1.02. The van der Waals surface area contributed by atoms with E-state index in [4.69, 9.17) is 0 Å². The van der Waals surface area contributed by atoms with Crippen molar-refractivity contribution in [3.63, 3.8) is 0 Å². The third-order valence-electron chi connectivity index (χ3n) is 9.12. The Kier molecular flexibility index (Phi) is 5.61. The predicted octanol–water partition coefficient (Wildman–Crippen LogP) is 12.3. The zero-order chi connectivity index (χ0) is 28.3. The first-order valence-corrected chi connectivity index (χ1v) is 15.9. The van der Waals surface area contributed by atoms with Crippen molar-refractivity contribution in [3.05, 3.63) is 150 Å². The van der Waals surface area contributed by atoms with E-state index in [1.54, 1.807) is 0 Å². The van der Waals surface area contributed by atoms with Crippen LogP contribution in [0.1, 0.15) is 16.9 Å². The number of thiophene rings is 1. The number of benzene rings is 7. The molecule has 0 unspecified atom stereocenters. The van der Waals surface area contributed by atoms with Gasteiger partial charge in [0.2, 0.25) is 0 Å². The molecule has 1 aliphatic carbocycles. The normalized spacial score (nSPS) is 12.8. The summed E-state index contributed by atoms with van der Waals surface area (Å²) >= 11 is 1.96. The molecular weight excluding hydrogens is 537 g/mol. The van der Waals surface area contributed by atoms with Crippen molar-refractivity contribution < 1.29 is 0 Å². The van der Waals surface area contributed by atoms with Crippen LogP contribution in [0.15, 0.2) is 140 Å². The molecule has 0 saturated carbocycles. The van der Waals surface area contributed by atoms with Crippen LogP contribution in [0.25, 0.3) is 81.9 Å². The molecule has 0 bridgehead atoms. The minimum Gasteiger partial charge on any atom is -0.140 e. The number of hydrogen-bond acceptors (Lipinski definition) is 1. The maximum absolute atomic E-state index is 2.44. The van der Waals surface area contributed by atoms with Gasteiger partial charge in [-0.15, -0.1) is 11.3 Å². The van der Waals surface area contributed by atoms with Crippen LogP contribution in [0.5, 0.6) is 0 Å². The van der Waals surface area contributed by atoms with Gasteiger partial charge in [0.1, 0.15) is 0 Å². The first-order chi connectivity index (χ1) is 21.3. The first-order valence-electron chi connectivity index (χ1n) is 15.1. The molecule has 9 rings (SSSR count). The van der Waals surface area contributed by atoms with Crippen LogP contribution in [0, 0.1) is 0 Å². The first kappa shape index (κ1) is 24.6. The zero-order valence-corrected chi connectivity index (χ0v) is 24.5. The molecule has 43 heavy (non-hydrogen) atoms. The van der Waals surface area contributed by atoms with Gasteiger partial charge in [0.05, 0.1) is 0 Å². The van der Waals surface area contributed by atoms with Crippen LogP contribution in [0.4, 0.5) is 0 Å². The summed E-state index contributed by atoms with van der Waals surface area (Å²) in [6.07, 6.45) is 6.96. The summed E-state index contributed by atoms with van der Waals surface area (Å²) in [4.78, 5) is 1.52. The Hall–Kier alpha value is -4.98. The smallest absolute Gasteiger partial charge is 0.0352 e. The number of allylic oxidation sites excluding steroid dienone is 1. The predicted molar refractivity (Wildman–Crippen MR) is 188 cm³/mol. The highest BCUT2D eigenvalue weighted by molar-refractivity contribution is 7.19. The molecule has 0 nitrogen and oxygen atoms in total. The molecule has 0 N–H and O–H groups in total. The third-order valence-corrected chi connectivity index (χ3v) is 10.4. The van der Waals surface area contributed by atoms with Gasteiger partial charge in [-0.3, -0.25) is 0 Å². The third kappa shape index (κ3) is 3.82. The van der Waals surface area contributed by atoms with Crippen LogP contribution in [0.3, 0.4) is 0 Å². The average Bonchev–Trinajstić information content (AvgIpc) is 3.45. The number of rotatable bonds is 3. The summed E-state index contributed by atoms with van der Waals surface area (Å²) in [5.74, 6) is 0. The van der Waals surface area contributed by atoms with Gasteiger partial charge in [-0.2, -0.15) is 0 Å². The molecular formula is C42H28S. The van der Waals surface area contributed by atoms with Crippen LogP contribution < -0.4 is 0 Å². The summed E-state index contributed by atoms with van der Waals surface area (Å²) in [7, 11) is 0. The Morgan fingerprint density at radius 1 is 0.442 bits per heavy atom. The van der Waals surface area contributed by atoms with Crippen LogP contribution in [-0.4, -0.2) is 0 Å². The van der Waals surface area contributed by atoms with Crippen molar-refractivity contribution in [2.45, 2.75) is 12.8 Å². The van der Waals surface area contributed by atoms with Gasteiger partial charge >= 0.3 is 0 Å². The second kappa shape index (κ2) is 9.80. The monoisotopic (exact) mass is 564 g/mol. The van der Waals surface area contributed by atoms with Crippen molar-refractivity contribution in [3.8, 4) is 33.4 Å². The van der Waals surface area contributed by atoms with Gasteiger partial charge in [-0.05, 0) is 96.2 Å².